The molecule has 0 amide bonds. The average Bonchev–Trinajstić information content (AvgIpc) is 2.59. The molecule has 6 heteroatoms. The van der Waals surface area contributed by atoms with Crippen molar-refractivity contribution in [1.82, 2.24) is 25.1 Å². The van der Waals surface area contributed by atoms with Gasteiger partial charge in [-0.25, -0.2) is 9.97 Å². The highest BCUT2D eigenvalue weighted by atomic mass is 15.2. The molecule has 2 heterocycles. The normalized spacial score (nSPS) is 18.0. The van der Waals surface area contributed by atoms with E-state index in [-0.39, 0.29) is 0 Å². The van der Waals surface area contributed by atoms with Gasteiger partial charge in [0.25, 0.3) is 0 Å². The van der Waals surface area contributed by atoms with E-state index in [9.17, 15) is 0 Å². The molecule has 3 rings (SSSR count). The van der Waals surface area contributed by atoms with Crippen LogP contribution in [0.5, 0.6) is 0 Å². The minimum absolute atomic E-state index is 0.842. The van der Waals surface area contributed by atoms with E-state index in [0.29, 0.717) is 0 Å². The van der Waals surface area contributed by atoms with E-state index >= 15 is 0 Å². The van der Waals surface area contributed by atoms with Gasteiger partial charge in [0.05, 0.1) is 11.9 Å². The molecule has 0 aromatic carbocycles. The van der Waals surface area contributed by atoms with Crippen molar-refractivity contribution in [2.75, 3.05) is 58.7 Å². The third-order valence-electron chi connectivity index (χ3n) is 4.52. The van der Waals surface area contributed by atoms with Crippen molar-refractivity contribution in [1.29, 1.82) is 0 Å². The lowest BCUT2D eigenvalue weighted by atomic mass is 10.1. The molecular weight excluding hydrogens is 300 g/mol. The molecule has 0 spiro atoms. The molecule has 6 nitrogen and oxygen atoms in total. The zero-order chi connectivity index (χ0) is 16.8. The summed E-state index contributed by atoms with van der Waals surface area (Å²) in [5.74, 6) is 1.96. The van der Waals surface area contributed by atoms with Gasteiger partial charge in [0.1, 0.15) is 11.6 Å². The Bertz CT molecular complexity index is 648. The summed E-state index contributed by atoms with van der Waals surface area (Å²) in [6, 6.07) is 0. The third kappa shape index (κ3) is 4.75. The number of fused-ring (bicyclic) bond motifs is 1. The van der Waals surface area contributed by atoms with E-state index in [1.165, 1.54) is 5.22 Å². The molecule has 1 aliphatic carbocycles. The SMILES string of the molecule is CN(C)CCCNc1nc(CN2CCNCC2)nc2c1=CCCC=2. The monoisotopic (exact) mass is 330 g/mol. The predicted molar refractivity (Wildman–Crippen MR) is 99.3 cm³/mol. The molecule has 1 fully saturated rings. The van der Waals surface area contributed by atoms with Crippen LogP contribution in [0.25, 0.3) is 12.2 Å². The van der Waals surface area contributed by atoms with Crippen LogP contribution in [-0.4, -0.2) is 73.1 Å². The molecule has 132 valence electrons. The molecule has 24 heavy (non-hydrogen) atoms. The first-order chi connectivity index (χ1) is 11.7. The van der Waals surface area contributed by atoms with Gasteiger partial charge in [-0.1, -0.05) is 12.2 Å². The standard InChI is InChI=1S/C18H30N6/c1-23(2)11-5-8-20-18-15-6-3-4-7-16(15)21-17(22-18)14-24-12-9-19-10-13-24/h6-7,19H,3-5,8-14H2,1-2H3,(H,20,21,22). The van der Waals surface area contributed by atoms with Crippen LogP contribution in [0.15, 0.2) is 0 Å². The summed E-state index contributed by atoms with van der Waals surface area (Å²) in [5.41, 5.74) is 0. The number of rotatable bonds is 7. The number of hydrogen-bond acceptors (Lipinski definition) is 6. The topological polar surface area (TPSA) is 56.3 Å². The van der Waals surface area contributed by atoms with Crippen LogP contribution in [0, 0.1) is 0 Å². The van der Waals surface area contributed by atoms with Crippen molar-refractivity contribution in [3.05, 3.63) is 16.4 Å². The number of anilines is 1. The quantitative estimate of drug-likeness (QED) is 0.664. The van der Waals surface area contributed by atoms with E-state index in [1.807, 2.05) is 0 Å². The van der Waals surface area contributed by atoms with Gasteiger partial charge in [-0.15, -0.1) is 0 Å². The Kier molecular flexibility index (Phi) is 6.18. The Morgan fingerprint density at radius 2 is 1.96 bits per heavy atom. The summed E-state index contributed by atoms with van der Waals surface area (Å²) >= 11 is 0. The van der Waals surface area contributed by atoms with Gasteiger partial charge in [0.15, 0.2) is 0 Å². The Labute approximate surface area is 144 Å². The third-order valence-corrected chi connectivity index (χ3v) is 4.52. The van der Waals surface area contributed by atoms with Crippen molar-refractivity contribution in [2.45, 2.75) is 25.8 Å². The highest BCUT2D eigenvalue weighted by Crippen LogP contribution is 2.04. The first kappa shape index (κ1) is 17.3. The second-order valence-electron chi connectivity index (χ2n) is 6.88. The Morgan fingerprint density at radius 1 is 1.17 bits per heavy atom. The van der Waals surface area contributed by atoms with Crippen LogP contribution in [0.3, 0.4) is 0 Å². The largest absolute Gasteiger partial charge is 0.369 e. The van der Waals surface area contributed by atoms with Gasteiger partial charge in [0, 0.05) is 37.9 Å². The molecule has 1 aliphatic heterocycles. The Balaban J connectivity index is 1.74. The zero-order valence-corrected chi connectivity index (χ0v) is 15.0. The number of nitrogens with one attached hydrogen (secondary N) is 2. The van der Waals surface area contributed by atoms with Gasteiger partial charge in [0.2, 0.25) is 0 Å². The molecule has 0 unspecified atom stereocenters. The second kappa shape index (κ2) is 8.55. The fourth-order valence-corrected chi connectivity index (χ4v) is 3.22. The van der Waals surface area contributed by atoms with Gasteiger partial charge in [-0.3, -0.25) is 4.90 Å². The summed E-state index contributed by atoms with van der Waals surface area (Å²) < 4.78 is 0. The molecular formula is C18H30N6. The van der Waals surface area contributed by atoms with Gasteiger partial charge < -0.3 is 15.5 Å². The summed E-state index contributed by atoms with van der Waals surface area (Å²) in [5, 5.41) is 9.24. The highest BCUT2D eigenvalue weighted by molar-refractivity contribution is 5.47. The van der Waals surface area contributed by atoms with Crippen molar-refractivity contribution < 1.29 is 0 Å². The fraction of sp³-hybridized carbons (Fsp3) is 0.667. The molecule has 1 aromatic heterocycles. The number of piperazine rings is 1. The minimum Gasteiger partial charge on any atom is -0.369 e. The van der Waals surface area contributed by atoms with Crippen molar-refractivity contribution in [3.63, 3.8) is 0 Å². The first-order valence-corrected chi connectivity index (χ1v) is 9.11. The molecule has 1 saturated heterocycles. The maximum Gasteiger partial charge on any atom is 0.145 e. The van der Waals surface area contributed by atoms with Gasteiger partial charge >= 0.3 is 0 Å². The van der Waals surface area contributed by atoms with Crippen LogP contribution >= 0.6 is 0 Å². The lowest BCUT2D eigenvalue weighted by Crippen LogP contribution is -2.44. The smallest absolute Gasteiger partial charge is 0.145 e. The van der Waals surface area contributed by atoms with Crippen LogP contribution < -0.4 is 21.2 Å². The fourth-order valence-electron chi connectivity index (χ4n) is 3.22. The van der Waals surface area contributed by atoms with Crippen molar-refractivity contribution in [2.24, 2.45) is 0 Å². The molecule has 0 bridgehead atoms. The minimum atomic E-state index is 0.842. The van der Waals surface area contributed by atoms with Gasteiger partial charge in [-0.05, 0) is 39.9 Å². The second-order valence-corrected chi connectivity index (χ2v) is 6.88. The molecule has 2 N–H and O–H groups in total. The Morgan fingerprint density at radius 3 is 2.75 bits per heavy atom. The van der Waals surface area contributed by atoms with E-state index in [1.54, 1.807) is 0 Å². The zero-order valence-electron chi connectivity index (χ0n) is 15.0. The highest BCUT2D eigenvalue weighted by Gasteiger charge is 2.13. The van der Waals surface area contributed by atoms with Crippen LogP contribution in [0.1, 0.15) is 25.1 Å². The summed E-state index contributed by atoms with van der Waals surface area (Å²) in [6.45, 7) is 7.13. The number of nitrogens with zero attached hydrogens (tertiary/aromatic N) is 4. The van der Waals surface area contributed by atoms with Crippen molar-refractivity contribution in [3.8, 4) is 0 Å². The number of aromatic nitrogens is 2. The van der Waals surface area contributed by atoms with E-state index in [0.717, 1.165) is 82.1 Å². The van der Waals surface area contributed by atoms with Crippen LogP contribution in [0.4, 0.5) is 5.82 Å². The average molecular weight is 330 g/mol. The molecule has 2 aliphatic rings. The van der Waals surface area contributed by atoms with E-state index in [2.05, 4.69) is 46.7 Å². The lowest BCUT2D eigenvalue weighted by molar-refractivity contribution is 0.228. The Hall–Kier alpha value is -1.50. The molecule has 0 saturated carbocycles. The van der Waals surface area contributed by atoms with Crippen molar-refractivity contribution >= 4 is 18.0 Å². The maximum absolute atomic E-state index is 4.85. The maximum atomic E-state index is 4.85. The molecule has 1 aromatic rings. The summed E-state index contributed by atoms with van der Waals surface area (Å²) in [4.78, 5) is 14.3. The van der Waals surface area contributed by atoms with Crippen LogP contribution in [-0.2, 0) is 6.54 Å². The van der Waals surface area contributed by atoms with Crippen LogP contribution in [0.2, 0.25) is 0 Å². The summed E-state index contributed by atoms with van der Waals surface area (Å²) in [7, 11) is 4.22. The lowest BCUT2D eigenvalue weighted by Gasteiger charge is -2.26. The van der Waals surface area contributed by atoms with E-state index < -0.39 is 0 Å². The number of hydrogen-bond donors (Lipinski definition) is 2. The molecule has 0 atom stereocenters. The predicted octanol–water partition coefficient (Wildman–Crippen LogP) is -0.400. The summed E-state index contributed by atoms with van der Waals surface area (Å²) in [6.07, 6.45) is 7.81. The molecule has 0 radical (unpaired) electrons. The van der Waals surface area contributed by atoms with Gasteiger partial charge in [-0.2, -0.15) is 0 Å². The first-order valence-electron chi connectivity index (χ1n) is 9.11. The van der Waals surface area contributed by atoms with E-state index in [4.69, 9.17) is 9.97 Å².